The zero-order chi connectivity index (χ0) is 13.8. The predicted molar refractivity (Wildman–Crippen MR) is 62.6 cm³/mol. The normalized spacial score (nSPS) is 11.5. The highest BCUT2D eigenvalue weighted by atomic mass is 32.2. The molecule has 0 fully saturated rings. The molecule has 0 unspecified atom stereocenters. The first-order chi connectivity index (χ1) is 8.45. The van der Waals surface area contributed by atoms with Crippen molar-refractivity contribution in [2.24, 2.45) is 0 Å². The number of aliphatic hydroxyl groups is 1. The van der Waals surface area contributed by atoms with Gasteiger partial charge in [0.25, 0.3) is 0 Å². The van der Waals surface area contributed by atoms with E-state index in [0.717, 1.165) is 10.4 Å². The van der Waals surface area contributed by atoms with E-state index in [1.54, 1.807) is 6.07 Å². The van der Waals surface area contributed by atoms with E-state index in [4.69, 9.17) is 10.4 Å². The lowest BCUT2D eigenvalue weighted by molar-refractivity contribution is 0.275. The number of halogens is 1. The standard InChI is InChI=1S/C11H13FN2O3S/c1-14(6-3-7-15)18(16,17)11-5-2-4-10(12)9(11)8-13/h2,4-5,15H,3,6-7H2,1H3. The number of nitrogens with zero attached hydrogens (tertiary/aromatic N) is 2. The van der Waals surface area contributed by atoms with Crippen molar-refractivity contribution in [3.05, 3.63) is 29.6 Å². The van der Waals surface area contributed by atoms with E-state index in [1.165, 1.54) is 19.2 Å². The van der Waals surface area contributed by atoms with Crippen LogP contribution in [0.2, 0.25) is 0 Å². The quantitative estimate of drug-likeness (QED) is 0.855. The molecule has 5 nitrogen and oxygen atoms in total. The Hall–Kier alpha value is -1.49. The molecule has 0 heterocycles. The fourth-order valence-electron chi connectivity index (χ4n) is 1.41. The Morgan fingerprint density at radius 1 is 1.50 bits per heavy atom. The highest BCUT2D eigenvalue weighted by molar-refractivity contribution is 7.89. The summed E-state index contributed by atoms with van der Waals surface area (Å²) < 4.78 is 38.5. The number of nitriles is 1. The van der Waals surface area contributed by atoms with Crippen LogP contribution in [0.5, 0.6) is 0 Å². The van der Waals surface area contributed by atoms with E-state index in [-0.39, 0.29) is 24.5 Å². The summed E-state index contributed by atoms with van der Waals surface area (Å²) in [5, 5.41) is 17.5. The zero-order valence-electron chi connectivity index (χ0n) is 9.80. The van der Waals surface area contributed by atoms with Crippen molar-refractivity contribution >= 4 is 10.0 Å². The number of hydrogen-bond donors (Lipinski definition) is 1. The van der Waals surface area contributed by atoms with Gasteiger partial charge >= 0.3 is 0 Å². The first-order valence-electron chi connectivity index (χ1n) is 5.21. The van der Waals surface area contributed by atoms with E-state index in [0.29, 0.717) is 0 Å². The van der Waals surface area contributed by atoms with E-state index >= 15 is 0 Å². The number of hydrogen-bond acceptors (Lipinski definition) is 4. The van der Waals surface area contributed by atoms with Gasteiger partial charge < -0.3 is 5.11 Å². The molecule has 1 N–H and O–H groups in total. The number of benzene rings is 1. The Bertz CT molecular complexity index is 566. The highest BCUT2D eigenvalue weighted by Gasteiger charge is 2.25. The van der Waals surface area contributed by atoms with Crippen molar-refractivity contribution in [3.63, 3.8) is 0 Å². The predicted octanol–water partition coefficient (Wildman–Crippen LogP) is 0.700. The van der Waals surface area contributed by atoms with Crippen LogP contribution in [-0.2, 0) is 10.0 Å². The summed E-state index contributed by atoms with van der Waals surface area (Å²) in [6.45, 7) is -0.0473. The molecule has 0 aromatic heterocycles. The zero-order valence-corrected chi connectivity index (χ0v) is 10.6. The van der Waals surface area contributed by atoms with Crippen LogP contribution in [0.3, 0.4) is 0 Å². The molecule has 7 heteroatoms. The summed E-state index contributed by atoms with van der Waals surface area (Å²) in [7, 11) is -2.60. The van der Waals surface area contributed by atoms with Gasteiger partial charge in [-0.05, 0) is 18.6 Å². The first-order valence-corrected chi connectivity index (χ1v) is 6.65. The summed E-state index contributed by atoms with van der Waals surface area (Å²) in [4.78, 5) is -0.356. The Kier molecular flexibility index (Phi) is 4.78. The highest BCUT2D eigenvalue weighted by Crippen LogP contribution is 2.21. The molecule has 18 heavy (non-hydrogen) atoms. The van der Waals surface area contributed by atoms with Gasteiger partial charge in [0.2, 0.25) is 10.0 Å². The summed E-state index contributed by atoms with van der Waals surface area (Å²) in [6.07, 6.45) is 0.271. The van der Waals surface area contributed by atoms with Crippen LogP contribution < -0.4 is 0 Å². The molecular formula is C11H13FN2O3S. The van der Waals surface area contributed by atoms with Gasteiger partial charge in [0.1, 0.15) is 22.3 Å². The fraction of sp³-hybridized carbons (Fsp3) is 0.364. The monoisotopic (exact) mass is 272 g/mol. The van der Waals surface area contributed by atoms with E-state index in [2.05, 4.69) is 0 Å². The first kappa shape index (κ1) is 14.6. The van der Waals surface area contributed by atoms with Gasteiger partial charge in [0, 0.05) is 20.2 Å². The lowest BCUT2D eigenvalue weighted by atomic mass is 10.2. The number of sulfonamides is 1. The Balaban J connectivity index is 3.21. The van der Waals surface area contributed by atoms with Gasteiger partial charge in [-0.15, -0.1) is 0 Å². The maximum absolute atomic E-state index is 13.4. The van der Waals surface area contributed by atoms with Crippen LogP contribution in [-0.4, -0.2) is 38.0 Å². The van der Waals surface area contributed by atoms with Crippen molar-refractivity contribution in [3.8, 4) is 6.07 Å². The molecule has 1 aromatic carbocycles. The molecule has 0 aliphatic carbocycles. The topological polar surface area (TPSA) is 81.4 Å². The van der Waals surface area contributed by atoms with Crippen molar-refractivity contribution in [1.82, 2.24) is 4.31 Å². The summed E-state index contributed by atoms with van der Waals surface area (Å²) >= 11 is 0. The van der Waals surface area contributed by atoms with Crippen molar-refractivity contribution < 1.29 is 17.9 Å². The van der Waals surface area contributed by atoms with Crippen LogP contribution in [0.15, 0.2) is 23.1 Å². The summed E-state index contributed by atoms with van der Waals surface area (Å²) in [5.74, 6) is -0.867. The van der Waals surface area contributed by atoms with Gasteiger partial charge in [-0.3, -0.25) is 0 Å². The van der Waals surface area contributed by atoms with Crippen molar-refractivity contribution in [1.29, 1.82) is 5.26 Å². The van der Waals surface area contributed by atoms with E-state index in [9.17, 15) is 12.8 Å². The number of rotatable bonds is 5. The van der Waals surface area contributed by atoms with Crippen LogP contribution in [0, 0.1) is 17.1 Å². The molecule has 0 aliphatic rings. The molecule has 0 saturated heterocycles. The minimum absolute atomic E-state index is 0.0974. The largest absolute Gasteiger partial charge is 0.396 e. The molecule has 0 spiro atoms. The Morgan fingerprint density at radius 3 is 2.72 bits per heavy atom. The maximum Gasteiger partial charge on any atom is 0.244 e. The van der Waals surface area contributed by atoms with Crippen LogP contribution in [0.25, 0.3) is 0 Å². The second-order valence-corrected chi connectivity index (χ2v) is 5.64. The molecule has 0 amide bonds. The molecule has 1 rings (SSSR count). The lowest BCUT2D eigenvalue weighted by Crippen LogP contribution is -2.29. The van der Waals surface area contributed by atoms with Gasteiger partial charge in [-0.2, -0.15) is 5.26 Å². The van der Waals surface area contributed by atoms with Gasteiger partial charge in [0.15, 0.2) is 0 Å². The summed E-state index contributed by atoms with van der Waals surface area (Å²) in [5.41, 5.74) is -0.492. The molecule has 0 bridgehead atoms. The Labute approximate surface area is 105 Å². The summed E-state index contributed by atoms with van der Waals surface area (Å²) in [6, 6.07) is 5.01. The maximum atomic E-state index is 13.4. The lowest BCUT2D eigenvalue weighted by Gasteiger charge is -2.17. The fourth-order valence-corrected chi connectivity index (χ4v) is 2.77. The molecule has 0 aliphatic heterocycles. The molecule has 1 aromatic rings. The van der Waals surface area contributed by atoms with Crippen molar-refractivity contribution in [2.75, 3.05) is 20.2 Å². The SMILES string of the molecule is CN(CCCO)S(=O)(=O)c1cccc(F)c1C#N. The van der Waals surface area contributed by atoms with Gasteiger partial charge in [-0.1, -0.05) is 6.07 Å². The molecule has 0 radical (unpaired) electrons. The third-order valence-electron chi connectivity index (χ3n) is 2.41. The average molecular weight is 272 g/mol. The van der Waals surface area contributed by atoms with Crippen LogP contribution >= 0.6 is 0 Å². The molecule has 98 valence electrons. The van der Waals surface area contributed by atoms with E-state index < -0.39 is 21.4 Å². The van der Waals surface area contributed by atoms with E-state index in [1.807, 2.05) is 0 Å². The number of aliphatic hydroxyl groups excluding tert-OH is 1. The Morgan fingerprint density at radius 2 is 2.17 bits per heavy atom. The average Bonchev–Trinajstić information content (AvgIpc) is 2.35. The smallest absolute Gasteiger partial charge is 0.244 e. The minimum Gasteiger partial charge on any atom is -0.396 e. The molecular weight excluding hydrogens is 259 g/mol. The van der Waals surface area contributed by atoms with Gasteiger partial charge in [-0.25, -0.2) is 17.1 Å². The van der Waals surface area contributed by atoms with Crippen LogP contribution in [0.1, 0.15) is 12.0 Å². The minimum atomic E-state index is -3.92. The van der Waals surface area contributed by atoms with Crippen LogP contribution in [0.4, 0.5) is 4.39 Å². The molecule has 0 atom stereocenters. The molecule has 0 saturated carbocycles. The van der Waals surface area contributed by atoms with Gasteiger partial charge in [0.05, 0.1) is 0 Å². The van der Waals surface area contributed by atoms with Crippen molar-refractivity contribution in [2.45, 2.75) is 11.3 Å². The third-order valence-corrected chi connectivity index (χ3v) is 4.31. The second-order valence-electron chi connectivity index (χ2n) is 3.63. The second kappa shape index (κ2) is 5.91. The third kappa shape index (κ3) is 2.85.